The molecule has 0 fully saturated rings. The van der Waals surface area contributed by atoms with Crippen LogP contribution in [0.5, 0.6) is 5.75 Å². The van der Waals surface area contributed by atoms with Crippen LogP contribution in [0.3, 0.4) is 0 Å². The molecule has 0 heterocycles. The summed E-state index contributed by atoms with van der Waals surface area (Å²) in [5, 5.41) is 0. The molecule has 0 spiro atoms. The highest BCUT2D eigenvalue weighted by atomic mass is 32.1. The Kier molecular flexibility index (Phi) is 3.37. The normalized spacial score (nSPS) is 10.2. The first kappa shape index (κ1) is 10.1. The second-order valence-electron chi connectivity index (χ2n) is 3.01. The maximum absolute atomic E-state index is 10.5. The van der Waals surface area contributed by atoms with E-state index in [2.05, 4.69) is 12.6 Å². The Balaban J connectivity index is 2.96. The Morgan fingerprint density at radius 3 is 2.69 bits per heavy atom. The summed E-state index contributed by atoms with van der Waals surface area (Å²) in [5.41, 5.74) is 0.605. The Labute approximate surface area is 83.3 Å². The third-order valence-corrected chi connectivity index (χ3v) is 1.85. The quantitative estimate of drug-likeness (QED) is 0.594. The highest BCUT2D eigenvalue weighted by molar-refractivity contribution is 7.80. The Morgan fingerprint density at radius 1 is 1.46 bits per heavy atom. The van der Waals surface area contributed by atoms with Gasteiger partial charge in [-0.25, -0.2) is 0 Å². The van der Waals surface area contributed by atoms with Crippen LogP contribution < -0.4 is 4.74 Å². The van der Waals surface area contributed by atoms with Crippen molar-refractivity contribution in [3.63, 3.8) is 0 Å². The van der Waals surface area contributed by atoms with Gasteiger partial charge in [-0.3, -0.25) is 4.79 Å². The number of hydrogen-bond acceptors (Lipinski definition) is 3. The molecule has 0 amide bonds. The van der Waals surface area contributed by atoms with Crippen molar-refractivity contribution in [1.82, 2.24) is 0 Å². The van der Waals surface area contributed by atoms with E-state index in [-0.39, 0.29) is 6.10 Å². The minimum Gasteiger partial charge on any atom is -0.490 e. The number of benzene rings is 1. The summed E-state index contributed by atoms with van der Waals surface area (Å²) in [7, 11) is 0. The van der Waals surface area contributed by atoms with Crippen LogP contribution in [0, 0.1) is 0 Å². The van der Waals surface area contributed by atoms with Gasteiger partial charge in [-0.05, 0) is 26.0 Å². The van der Waals surface area contributed by atoms with Crippen molar-refractivity contribution in [2.45, 2.75) is 24.8 Å². The van der Waals surface area contributed by atoms with Gasteiger partial charge in [-0.15, -0.1) is 12.6 Å². The molecule has 0 atom stereocenters. The van der Waals surface area contributed by atoms with E-state index in [9.17, 15) is 4.79 Å². The fourth-order valence-electron chi connectivity index (χ4n) is 0.952. The van der Waals surface area contributed by atoms with Gasteiger partial charge >= 0.3 is 0 Å². The predicted molar refractivity (Wildman–Crippen MR) is 54.8 cm³/mol. The Bertz CT molecular complexity index is 308. The molecule has 0 aromatic heterocycles. The summed E-state index contributed by atoms with van der Waals surface area (Å²) < 4.78 is 5.45. The molecule has 0 aliphatic rings. The van der Waals surface area contributed by atoms with Crippen molar-refractivity contribution >= 4 is 18.9 Å². The van der Waals surface area contributed by atoms with Crippen molar-refractivity contribution in [3.05, 3.63) is 23.8 Å². The van der Waals surface area contributed by atoms with Crippen LogP contribution in [0.25, 0.3) is 0 Å². The molecular weight excluding hydrogens is 184 g/mol. The fraction of sp³-hybridized carbons (Fsp3) is 0.300. The van der Waals surface area contributed by atoms with Gasteiger partial charge in [0, 0.05) is 10.5 Å². The molecule has 1 rings (SSSR count). The average molecular weight is 196 g/mol. The van der Waals surface area contributed by atoms with Gasteiger partial charge < -0.3 is 4.74 Å². The summed E-state index contributed by atoms with van der Waals surface area (Å²) in [6.45, 7) is 3.86. The number of carbonyl (C=O) groups excluding carboxylic acids is 1. The third-order valence-electron chi connectivity index (χ3n) is 1.48. The highest BCUT2D eigenvalue weighted by Crippen LogP contribution is 2.24. The van der Waals surface area contributed by atoms with Crippen molar-refractivity contribution in [3.8, 4) is 5.75 Å². The molecule has 0 unspecified atom stereocenters. The van der Waals surface area contributed by atoms with Crippen LogP contribution in [-0.2, 0) is 0 Å². The van der Waals surface area contributed by atoms with Crippen LogP contribution in [0.15, 0.2) is 23.1 Å². The number of hydrogen-bond donors (Lipinski definition) is 1. The van der Waals surface area contributed by atoms with E-state index in [0.29, 0.717) is 11.3 Å². The summed E-state index contributed by atoms with van der Waals surface area (Å²) in [4.78, 5) is 11.2. The lowest BCUT2D eigenvalue weighted by Gasteiger charge is -2.11. The van der Waals surface area contributed by atoms with Crippen LogP contribution >= 0.6 is 12.6 Å². The van der Waals surface area contributed by atoms with Gasteiger partial charge in [0.2, 0.25) is 0 Å². The lowest BCUT2D eigenvalue weighted by atomic mass is 10.2. The SMILES string of the molecule is CC(C)Oc1cc(C=O)ccc1S. The first-order valence-corrected chi connectivity index (χ1v) is 4.53. The number of rotatable bonds is 3. The summed E-state index contributed by atoms with van der Waals surface area (Å²) in [5.74, 6) is 0.655. The first-order valence-electron chi connectivity index (χ1n) is 4.08. The molecule has 1 aromatic carbocycles. The average Bonchev–Trinajstić information content (AvgIpc) is 2.08. The number of thiol groups is 1. The molecule has 0 saturated carbocycles. The second-order valence-corrected chi connectivity index (χ2v) is 3.49. The number of carbonyl (C=O) groups is 1. The molecule has 1 aromatic rings. The maximum Gasteiger partial charge on any atom is 0.150 e. The minimum atomic E-state index is 0.0906. The van der Waals surface area contributed by atoms with Crippen LogP contribution in [0.2, 0.25) is 0 Å². The van der Waals surface area contributed by atoms with E-state index >= 15 is 0 Å². The summed E-state index contributed by atoms with van der Waals surface area (Å²) >= 11 is 4.22. The third kappa shape index (κ3) is 2.77. The minimum absolute atomic E-state index is 0.0906. The van der Waals surface area contributed by atoms with Crippen LogP contribution in [0.4, 0.5) is 0 Å². The van der Waals surface area contributed by atoms with Gasteiger partial charge in [0.25, 0.3) is 0 Å². The first-order chi connectivity index (χ1) is 6.13. The van der Waals surface area contributed by atoms with Gasteiger partial charge in [0.1, 0.15) is 12.0 Å². The molecule has 70 valence electrons. The zero-order valence-electron chi connectivity index (χ0n) is 7.65. The molecule has 3 heteroatoms. The second kappa shape index (κ2) is 4.33. The van der Waals surface area contributed by atoms with Gasteiger partial charge in [-0.2, -0.15) is 0 Å². The smallest absolute Gasteiger partial charge is 0.150 e. The molecule has 0 bridgehead atoms. The standard InChI is InChI=1S/C10H12O2S/c1-7(2)12-9-5-8(6-11)3-4-10(9)13/h3-7,13H,1-2H3. The zero-order valence-corrected chi connectivity index (χ0v) is 8.54. The zero-order chi connectivity index (χ0) is 9.84. The topological polar surface area (TPSA) is 26.3 Å². The summed E-state index contributed by atoms with van der Waals surface area (Å²) in [6.07, 6.45) is 0.883. The van der Waals surface area contributed by atoms with Crippen LogP contribution in [-0.4, -0.2) is 12.4 Å². The summed E-state index contributed by atoms with van der Waals surface area (Å²) in [6, 6.07) is 5.16. The van der Waals surface area contributed by atoms with Crippen LogP contribution in [0.1, 0.15) is 24.2 Å². The van der Waals surface area contributed by atoms with Gasteiger partial charge in [0.05, 0.1) is 6.10 Å². The van der Waals surface area contributed by atoms with E-state index < -0.39 is 0 Å². The number of aldehydes is 1. The van der Waals surface area contributed by atoms with E-state index in [1.54, 1.807) is 18.2 Å². The maximum atomic E-state index is 10.5. The van der Waals surface area contributed by atoms with Gasteiger partial charge in [0.15, 0.2) is 0 Å². The molecule has 0 aliphatic heterocycles. The van der Waals surface area contributed by atoms with Crippen molar-refractivity contribution < 1.29 is 9.53 Å². The monoisotopic (exact) mass is 196 g/mol. The molecular formula is C10H12O2S. The van der Waals surface area contributed by atoms with Crippen molar-refractivity contribution in [2.24, 2.45) is 0 Å². The van der Waals surface area contributed by atoms with E-state index in [4.69, 9.17) is 4.74 Å². The van der Waals surface area contributed by atoms with E-state index in [1.165, 1.54) is 0 Å². The molecule has 0 saturated heterocycles. The lowest BCUT2D eigenvalue weighted by Crippen LogP contribution is -2.06. The highest BCUT2D eigenvalue weighted by Gasteiger charge is 2.03. The van der Waals surface area contributed by atoms with Gasteiger partial charge in [-0.1, -0.05) is 6.07 Å². The van der Waals surface area contributed by atoms with E-state index in [0.717, 1.165) is 11.2 Å². The van der Waals surface area contributed by atoms with E-state index in [1.807, 2.05) is 13.8 Å². The Hall–Kier alpha value is -0.960. The molecule has 0 aliphatic carbocycles. The predicted octanol–water partition coefficient (Wildman–Crippen LogP) is 2.58. The number of ether oxygens (including phenoxy) is 1. The lowest BCUT2D eigenvalue weighted by molar-refractivity contribution is 0.112. The molecule has 13 heavy (non-hydrogen) atoms. The Morgan fingerprint density at radius 2 is 2.15 bits per heavy atom. The molecule has 0 radical (unpaired) electrons. The molecule has 0 N–H and O–H groups in total. The van der Waals surface area contributed by atoms with Crippen molar-refractivity contribution in [2.75, 3.05) is 0 Å². The fourth-order valence-corrected chi connectivity index (χ4v) is 1.14. The largest absolute Gasteiger partial charge is 0.490 e. The van der Waals surface area contributed by atoms with Crippen molar-refractivity contribution in [1.29, 1.82) is 0 Å². The molecule has 2 nitrogen and oxygen atoms in total.